The molecule has 3 rings (SSSR count). The molecule has 0 radical (unpaired) electrons. The molecule has 1 N–H and O–H groups in total. The summed E-state index contributed by atoms with van der Waals surface area (Å²) in [5.41, 5.74) is 2.72. The van der Waals surface area contributed by atoms with Gasteiger partial charge in [0, 0.05) is 38.5 Å². The standard InChI is InChI=1S/C32H39F2N3O4S/c1-23(2)21-35-32(39)30(19-25-12-6-5-7-13-25)36(22-26-14-9-8-11-24(26)3)31(38)15-10-18-37(42(4,40)41)27-16-17-28(33)29(34)20-27/h5-9,11-14,16-17,20,23,30H,10,15,18-19,21-22H2,1-4H3,(H,35,39)/t30-/m0/s1. The van der Waals surface area contributed by atoms with Crippen molar-refractivity contribution in [3.05, 3.63) is 101 Å². The first-order chi connectivity index (χ1) is 19.9. The largest absolute Gasteiger partial charge is 0.354 e. The Balaban J connectivity index is 1.89. The SMILES string of the molecule is Cc1ccccc1CN(C(=O)CCCN(c1ccc(F)c(F)c1)S(C)(=O)=O)[C@@H](Cc1ccccc1)C(=O)NCC(C)C. The third-order valence-corrected chi connectivity index (χ3v) is 8.09. The first-order valence-electron chi connectivity index (χ1n) is 13.9. The van der Waals surface area contributed by atoms with Crippen LogP contribution in [0.15, 0.2) is 72.8 Å². The van der Waals surface area contributed by atoms with Crippen LogP contribution in [0.3, 0.4) is 0 Å². The number of aryl methyl sites for hydroxylation is 1. The van der Waals surface area contributed by atoms with Crippen molar-refractivity contribution in [2.45, 2.75) is 52.6 Å². The van der Waals surface area contributed by atoms with Crippen LogP contribution in [-0.4, -0.2) is 50.5 Å². The molecule has 3 aromatic carbocycles. The molecule has 0 unspecified atom stereocenters. The van der Waals surface area contributed by atoms with Crippen molar-refractivity contribution < 1.29 is 26.8 Å². The predicted octanol–water partition coefficient (Wildman–Crippen LogP) is 5.23. The van der Waals surface area contributed by atoms with E-state index in [9.17, 15) is 26.8 Å². The Labute approximate surface area is 247 Å². The fraction of sp³-hybridized carbons (Fsp3) is 0.375. The zero-order valence-corrected chi connectivity index (χ0v) is 25.3. The summed E-state index contributed by atoms with van der Waals surface area (Å²) in [6.45, 7) is 6.43. The molecule has 3 aromatic rings. The summed E-state index contributed by atoms with van der Waals surface area (Å²) in [6.07, 6.45) is 1.30. The molecule has 0 aliphatic heterocycles. The maximum Gasteiger partial charge on any atom is 0.243 e. The fourth-order valence-electron chi connectivity index (χ4n) is 4.59. The number of sulfonamides is 1. The molecule has 0 bridgehead atoms. The Bertz CT molecular complexity index is 1470. The Hall–Kier alpha value is -3.79. The topological polar surface area (TPSA) is 86.8 Å². The van der Waals surface area contributed by atoms with Crippen LogP contribution in [-0.2, 0) is 32.6 Å². The number of hydrogen-bond acceptors (Lipinski definition) is 4. The highest BCUT2D eigenvalue weighted by molar-refractivity contribution is 7.92. The fourth-order valence-corrected chi connectivity index (χ4v) is 5.55. The van der Waals surface area contributed by atoms with Gasteiger partial charge in [0.25, 0.3) is 0 Å². The van der Waals surface area contributed by atoms with E-state index in [-0.39, 0.29) is 49.4 Å². The van der Waals surface area contributed by atoms with Crippen LogP contribution in [0.1, 0.15) is 43.4 Å². The average Bonchev–Trinajstić information content (AvgIpc) is 2.94. The summed E-state index contributed by atoms with van der Waals surface area (Å²) < 4.78 is 53.3. The van der Waals surface area contributed by atoms with Crippen molar-refractivity contribution in [2.75, 3.05) is 23.7 Å². The molecular formula is C32H39F2N3O4S. The summed E-state index contributed by atoms with van der Waals surface area (Å²) in [5.74, 6) is -2.64. The maximum atomic E-state index is 13.9. The average molecular weight is 600 g/mol. The molecule has 0 fully saturated rings. The van der Waals surface area contributed by atoms with Crippen molar-refractivity contribution in [3.63, 3.8) is 0 Å². The second-order valence-corrected chi connectivity index (χ2v) is 12.7. The third kappa shape index (κ3) is 9.37. The van der Waals surface area contributed by atoms with Gasteiger partial charge in [-0.15, -0.1) is 0 Å². The van der Waals surface area contributed by atoms with Gasteiger partial charge in [-0.1, -0.05) is 68.4 Å². The van der Waals surface area contributed by atoms with Crippen LogP contribution < -0.4 is 9.62 Å². The van der Waals surface area contributed by atoms with Crippen molar-refractivity contribution in [1.82, 2.24) is 10.2 Å². The number of carbonyl (C=O) groups excluding carboxylic acids is 2. The molecule has 0 aliphatic rings. The van der Waals surface area contributed by atoms with Gasteiger partial charge < -0.3 is 10.2 Å². The quantitative estimate of drug-likeness (QED) is 0.275. The first-order valence-corrected chi connectivity index (χ1v) is 15.8. The van der Waals surface area contributed by atoms with Crippen LogP contribution >= 0.6 is 0 Å². The van der Waals surface area contributed by atoms with Gasteiger partial charge in [-0.25, -0.2) is 17.2 Å². The van der Waals surface area contributed by atoms with E-state index in [4.69, 9.17) is 0 Å². The lowest BCUT2D eigenvalue weighted by Crippen LogP contribution is -2.51. The van der Waals surface area contributed by atoms with Gasteiger partial charge in [0.05, 0.1) is 11.9 Å². The number of nitrogens with one attached hydrogen (secondary N) is 1. The lowest BCUT2D eigenvalue weighted by Gasteiger charge is -2.32. The van der Waals surface area contributed by atoms with E-state index < -0.39 is 27.7 Å². The summed E-state index contributed by atoms with van der Waals surface area (Å²) in [6, 6.07) is 19.1. The zero-order chi connectivity index (χ0) is 30.9. The Morgan fingerprint density at radius 1 is 0.929 bits per heavy atom. The van der Waals surface area contributed by atoms with E-state index in [0.29, 0.717) is 13.0 Å². The predicted molar refractivity (Wildman–Crippen MR) is 161 cm³/mol. The van der Waals surface area contributed by atoms with E-state index in [1.807, 2.05) is 75.4 Å². The molecule has 0 aromatic heterocycles. The lowest BCUT2D eigenvalue weighted by atomic mass is 10.0. The molecule has 2 amide bonds. The number of carbonyl (C=O) groups is 2. The minimum atomic E-state index is -3.85. The minimum Gasteiger partial charge on any atom is -0.354 e. The summed E-state index contributed by atoms with van der Waals surface area (Å²) in [4.78, 5) is 29.0. The number of benzene rings is 3. The van der Waals surface area contributed by atoms with Crippen molar-refractivity contribution in [3.8, 4) is 0 Å². The number of amides is 2. The molecule has 10 heteroatoms. The van der Waals surface area contributed by atoms with Gasteiger partial charge in [-0.2, -0.15) is 0 Å². The van der Waals surface area contributed by atoms with Crippen molar-refractivity contribution in [1.29, 1.82) is 0 Å². The first kappa shape index (κ1) is 32.7. The molecule has 42 heavy (non-hydrogen) atoms. The monoisotopic (exact) mass is 599 g/mol. The van der Waals surface area contributed by atoms with E-state index in [2.05, 4.69) is 5.32 Å². The molecule has 7 nitrogen and oxygen atoms in total. The van der Waals surface area contributed by atoms with Gasteiger partial charge in [-0.3, -0.25) is 13.9 Å². The molecule has 0 aliphatic carbocycles. The van der Waals surface area contributed by atoms with Gasteiger partial charge in [0.15, 0.2) is 11.6 Å². The highest BCUT2D eigenvalue weighted by atomic mass is 32.2. The third-order valence-electron chi connectivity index (χ3n) is 6.90. The smallest absolute Gasteiger partial charge is 0.243 e. The van der Waals surface area contributed by atoms with Gasteiger partial charge >= 0.3 is 0 Å². The van der Waals surface area contributed by atoms with Gasteiger partial charge in [0.2, 0.25) is 21.8 Å². The van der Waals surface area contributed by atoms with Crippen LogP contribution in [0.25, 0.3) is 0 Å². The van der Waals surface area contributed by atoms with Crippen LogP contribution in [0.4, 0.5) is 14.5 Å². The second kappa shape index (κ2) is 14.9. The highest BCUT2D eigenvalue weighted by Crippen LogP contribution is 2.22. The minimum absolute atomic E-state index is 0.0318. The van der Waals surface area contributed by atoms with E-state index in [0.717, 1.165) is 39.4 Å². The molecular weight excluding hydrogens is 560 g/mol. The molecule has 0 heterocycles. The highest BCUT2D eigenvalue weighted by Gasteiger charge is 2.31. The van der Waals surface area contributed by atoms with Crippen LogP contribution in [0.5, 0.6) is 0 Å². The number of nitrogens with zero attached hydrogens (tertiary/aromatic N) is 2. The molecule has 0 saturated heterocycles. The number of anilines is 1. The summed E-state index contributed by atoms with van der Waals surface area (Å²) in [7, 11) is -3.85. The maximum absolute atomic E-state index is 13.9. The molecule has 0 saturated carbocycles. The van der Waals surface area contributed by atoms with Crippen LogP contribution in [0, 0.1) is 24.5 Å². The number of hydrogen-bond donors (Lipinski definition) is 1. The van der Waals surface area contributed by atoms with E-state index in [1.165, 1.54) is 6.07 Å². The van der Waals surface area contributed by atoms with E-state index in [1.54, 1.807) is 4.90 Å². The second-order valence-electron chi connectivity index (χ2n) is 10.8. The van der Waals surface area contributed by atoms with Crippen molar-refractivity contribution >= 4 is 27.5 Å². The molecule has 226 valence electrons. The van der Waals surface area contributed by atoms with E-state index >= 15 is 0 Å². The van der Waals surface area contributed by atoms with Gasteiger partial charge in [0.1, 0.15) is 6.04 Å². The van der Waals surface area contributed by atoms with Crippen LogP contribution in [0.2, 0.25) is 0 Å². The number of halogens is 2. The van der Waals surface area contributed by atoms with Gasteiger partial charge in [-0.05, 0) is 48.1 Å². The molecule has 1 atom stereocenters. The Morgan fingerprint density at radius 3 is 2.21 bits per heavy atom. The Morgan fingerprint density at radius 2 is 1.60 bits per heavy atom. The molecule has 0 spiro atoms. The lowest BCUT2D eigenvalue weighted by molar-refractivity contribution is -0.141. The number of rotatable bonds is 14. The zero-order valence-electron chi connectivity index (χ0n) is 24.5. The Kier molecular flexibility index (Phi) is 11.6. The van der Waals surface area contributed by atoms with Crippen molar-refractivity contribution in [2.24, 2.45) is 5.92 Å². The normalized spacial score (nSPS) is 12.2. The summed E-state index contributed by atoms with van der Waals surface area (Å²) >= 11 is 0. The summed E-state index contributed by atoms with van der Waals surface area (Å²) in [5, 5.41) is 2.98.